The zero-order chi connectivity index (χ0) is 16.1. The van der Waals surface area contributed by atoms with Crippen LogP contribution in [0.15, 0.2) is 48.7 Å². The molecule has 1 atom stereocenters. The molecule has 2 heterocycles. The first kappa shape index (κ1) is 15.5. The maximum Gasteiger partial charge on any atom is 0.128 e. The molecule has 1 aliphatic heterocycles. The molecule has 4 heteroatoms. The van der Waals surface area contributed by atoms with Gasteiger partial charge in [-0.3, -0.25) is 4.90 Å². The van der Waals surface area contributed by atoms with E-state index in [1.165, 1.54) is 5.56 Å². The highest BCUT2D eigenvalue weighted by Crippen LogP contribution is 2.19. The van der Waals surface area contributed by atoms with Gasteiger partial charge >= 0.3 is 0 Å². The van der Waals surface area contributed by atoms with Crippen LogP contribution in [0.1, 0.15) is 24.5 Å². The molecule has 0 spiro atoms. The summed E-state index contributed by atoms with van der Waals surface area (Å²) in [5.41, 5.74) is 1.98. The van der Waals surface area contributed by atoms with Crippen molar-refractivity contribution in [2.24, 2.45) is 0 Å². The molecule has 23 heavy (non-hydrogen) atoms. The molecule has 1 unspecified atom stereocenters. The van der Waals surface area contributed by atoms with Crippen LogP contribution in [0.3, 0.4) is 0 Å². The molecule has 3 rings (SSSR count). The third-order valence-electron chi connectivity index (χ3n) is 4.53. The molecule has 0 saturated carbocycles. The van der Waals surface area contributed by atoms with Gasteiger partial charge in [0.1, 0.15) is 11.9 Å². The van der Waals surface area contributed by atoms with E-state index in [0.29, 0.717) is 11.6 Å². The van der Waals surface area contributed by atoms with Crippen molar-refractivity contribution in [2.75, 3.05) is 24.5 Å². The third-order valence-corrected chi connectivity index (χ3v) is 4.53. The Bertz CT molecular complexity index is 660. The van der Waals surface area contributed by atoms with E-state index in [4.69, 9.17) is 5.26 Å². The van der Waals surface area contributed by atoms with Crippen molar-refractivity contribution in [1.29, 1.82) is 5.26 Å². The van der Waals surface area contributed by atoms with Crippen LogP contribution in [0.4, 0.5) is 5.82 Å². The Morgan fingerprint density at radius 2 is 1.96 bits per heavy atom. The summed E-state index contributed by atoms with van der Waals surface area (Å²) in [6.07, 6.45) is 2.78. The maximum absolute atomic E-state index is 8.88. The Labute approximate surface area is 138 Å². The average molecular weight is 306 g/mol. The minimum Gasteiger partial charge on any atom is -0.355 e. The summed E-state index contributed by atoms with van der Waals surface area (Å²) in [5, 5.41) is 8.88. The first-order valence-corrected chi connectivity index (χ1v) is 8.15. The molecule has 4 nitrogen and oxygen atoms in total. The molecule has 0 radical (unpaired) electrons. The van der Waals surface area contributed by atoms with Crippen molar-refractivity contribution in [1.82, 2.24) is 9.88 Å². The fourth-order valence-electron chi connectivity index (χ4n) is 3.03. The Morgan fingerprint density at radius 1 is 1.13 bits per heavy atom. The molecule has 2 aromatic rings. The van der Waals surface area contributed by atoms with E-state index in [1.807, 2.05) is 12.1 Å². The molecule has 0 N–H and O–H groups in total. The van der Waals surface area contributed by atoms with Gasteiger partial charge in [-0.15, -0.1) is 0 Å². The summed E-state index contributed by atoms with van der Waals surface area (Å²) >= 11 is 0. The molecule has 118 valence electrons. The first-order chi connectivity index (χ1) is 11.3. The van der Waals surface area contributed by atoms with Crippen LogP contribution in [0.5, 0.6) is 0 Å². The number of anilines is 1. The fourth-order valence-corrected chi connectivity index (χ4v) is 3.03. The largest absolute Gasteiger partial charge is 0.355 e. The summed E-state index contributed by atoms with van der Waals surface area (Å²) in [6, 6.07) is 17.1. The van der Waals surface area contributed by atoms with E-state index < -0.39 is 0 Å². The average Bonchev–Trinajstić information content (AvgIpc) is 2.78. The second kappa shape index (κ2) is 7.26. The van der Waals surface area contributed by atoms with Crippen LogP contribution < -0.4 is 4.90 Å². The molecular weight excluding hydrogens is 284 g/mol. The summed E-state index contributed by atoms with van der Waals surface area (Å²) in [7, 11) is 0. The highest BCUT2D eigenvalue weighted by molar-refractivity contribution is 5.42. The van der Waals surface area contributed by atoms with Crippen LogP contribution in [-0.2, 0) is 6.54 Å². The fraction of sp³-hybridized carbons (Fsp3) is 0.368. The highest BCUT2D eigenvalue weighted by atomic mass is 15.3. The summed E-state index contributed by atoms with van der Waals surface area (Å²) in [5.74, 6) is 0.970. The van der Waals surface area contributed by atoms with Crippen molar-refractivity contribution in [2.45, 2.75) is 25.9 Å². The van der Waals surface area contributed by atoms with E-state index in [2.05, 4.69) is 58.1 Å². The number of hydrogen-bond donors (Lipinski definition) is 0. The summed E-state index contributed by atoms with van der Waals surface area (Å²) < 4.78 is 0. The smallest absolute Gasteiger partial charge is 0.128 e. The van der Waals surface area contributed by atoms with Crippen molar-refractivity contribution >= 4 is 5.82 Å². The van der Waals surface area contributed by atoms with Gasteiger partial charge in [0.15, 0.2) is 0 Å². The maximum atomic E-state index is 8.88. The van der Waals surface area contributed by atoms with Gasteiger partial charge in [0, 0.05) is 38.4 Å². The zero-order valence-corrected chi connectivity index (χ0v) is 13.5. The molecule has 1 aromatic heterocycles. The summed E-state index contributed by atoms with van der Waals surface area (Å²) in [6.45, 7) is 6.30. The van der Waals surface area contributed by atoms with Crippen LogP contribution in [0, 0.1) is 11.3 Å². The van der Waals surface area contributed by atoms with Crippen molar-refractivity contribution in [3.8, 4) is 6.07 Å². The number of pyridine rings is 1. The normalized spacial score (nSPS) is 19.1. The first-order valence-electron chi connectivity index (χ1n) is 8.15. The van der Waals surface area contributed by atoms with Gasteiger partial charge < -0.3 is 4.90 Å². The van der Waals surface area contributed by atoms with E-state index in [9.17, 15) is 0 Å². The monoisotopic (exact) mass is 306 g/mol. The minimum absolute atomic E-state index is 0.554. The van der Waals surface area contributed by atoms with Crippen LogP contribution in [0.2, 0.25) is 0 Å². The lowest BCUT2D eigenvalue weighted by Gasteiger charge is -2.26. The van der Waals surface area contributed by atoms with E-state index in [0.717, 1.165) is 38.4 Å². The second-order valence-corrected chi connectivity index (χ2v) is 6.10. The SMILES string of the molecule is CC1CCN(c2ccc(C#N)cn2)CCN1Cc1ccccc1. The lowest BCUT2D eigenvalue weighted by molar-refractivity contribution is 0.212. The standard InChI is InChI=1S/C19H22N4/c1-16-9-10-22(19-8-7-18(13-20)14-21-19)11-12-23(16)15-17-5-3-2-4-6-17/h2-8,14,16H,9-12,15H2,1H3. The van der Waals surface area contributed by atoms with Gasteiger partial charge in [0.25, 0.3) is 0 Å². The zero-order valence-electron chi connectivity index (χ0n) is 13.5. The van der Waals surface area contributed by atoms with E-state index >= 15 is 0 Å². The third kappa shape index (κ3) is 3.88. The lowest BCUT2D eigenvalue weighted by Crippen LogP contribution is -2.34. The topological polar surface area (TPSA) is 43.2 Å². The number of nitrogens with zero attached hydrogens (tertiary/aromatic N) is 4. The molecule has 1 aromatic carbocycles. The van der Waals surface area contributed by atoms with Gasteiger partial charge in [-0.2, -0.15) is 5.26 Å². The quantitative estimate of drug-likeness (QED) is 0.874. The molecule has 1 saturated heterocycles. The minimum atomic E-state index is 0.554. The Kier molecular flexibility index (Phi) is 4.89. The van der Waals surface area contributed by atoms with Crippen molar-refractivity contribution < 1.29 is 0 Å². The van der Waals surface area contributed by atoms with E-state index in [-0.39, 0.29) is 0 Å². The second-order valence-electron chi connectivity index (χ2n) is 6.10. The van der Waals surface area contributed by atoms with Crippen LogP contribution in [0.25, 0.3) is 0 Å². The molecule has 0 amide bonds. The van der Waals surface area contributed by atoms with Gasteiger partial charge in [-0.05, 0) is 31.0 Å². The Balaban J connectivity index is 1.66. The molecule has 1 aliphatic rings. The number of nitriles is 1. The van der Waals surface area contributed by atoms with Gasteiger partial charge in [-0.1, -0.05) is 30.3 Å². The molecular formula is C19H22N4. The van der Waals surface area contributed by atoms with Gasteiger partial charge in [0.2, 0.25) is 0 Å². The number of aromatic nitrogens is 1. The molecule has 0 bridgehead atoms. The van der Waals surface area contributed by atoms with Gasteiger partial charge in [0.05, 0.1) is 5.56 Å². The lowest BCUT2D eigenvalue weighted by atomic mass is 10.1. The highest BCUT2D eigenvalue weighted by Gasteiger charge is 2.21. The van der Waals surface area contributed by atoms with Crippen LogP contribution in [-0.4, -0.2) is 35.6 Å². The predicted octanol–water partition coefficient (Wildman–Crippen LogP) is 3.05. The molecule has 0 aliphatic carbocycles. The molecule has 1 fully saturated rings. The Morgan fingerprint density at radius 3 is 2.65 bits per heavy atom. The number of rotatable bonds is 3. The summed E-state index contributed by atoms with van der Waals surface area (Å²) in [4.78, 5) is 9.30. The number of hydrogen-bond acceptors (Lipinski definition) is 4. The van der Waals surface area contributed by atoms with Crippen molar-refractivity contribution in [3.05, 3.63) is 59.8 Å². The van der Waals surface area contributed by atoms with Gasteiger partial charge in [-0.25, -0.2) is 4.98 Å². The predicted molar refractivity (Wildman–Crippen MR) is 92.1 cm³/mol. The Hall–Kier alpha value is -2.38. The van der Waals surface area contributed by atoms with Crippen molar-refractivity contribution in [3.63, 3.8) is 0 Å². The van der Waals surface area contributed by atoms with Crippen LogP contribution >= 0.6 is 0 Å². The van der Waals surface area contributed by atoms with E-state index in [1.54, 1.807) is 6.20 Å². The number of benzene rings is 1.